The van der Waals surface area contributed by atoms with Crippen molar-refractivity contribution in [2.24, 2.45) is 5.10 Å². The molecule has 202 valence electrons. The second-order valence-electron chi connectivity index (χ2n) is 9.88. The van der Waals surface area contributed by atoms with E-state index in [-0.39, 0.29) is 5.91 Å². The minimum atomic E-state index is -0.268. The molecule has 7 nitrogen and oxygen atoms in total. The zero-order valence-corrected chi connectivity index (χ0v) is 24.1. The van der Waals surface area contributed by atoms with Crippen LogP contribution in [0.1, 0.15) is 32.9 Å². The highest BCUT2D eigenvalue weighted by atomic mass is 32.1. The first-order valence-corrected chi connectivity index (χ1v) is 13.9. The van der Waals surface area contributed by atoms with Crippen LogP contribution in [0.5, 0.6) is 0 Å². The average Bonchev–Trinajstić information content (AvgIpc) is 3.53. The van der Waals surface area contributed by atoms with Gasteiger partial charge in [-0.15, -0.1) is 11.3 Å². The van der Waals surface area contributed by atoms with Gasteiger partial charge in [-0.3, -0.25) is 4.79 Å². The van der Waals surface area contributed by atoms with Crippen molar-refractivity contribution in [3.63, 3.8) is 0 Å². The van der Waals surface area contributed by atoms with E-state index in [1.54, 1.807) is 29.7 Å². The number of nitrogens with one attached hydrogen (secondary N) is 2. The van der Waals surface area contributed by atoms with Gasteiger partial charge in [0.1, 0.15) is 0 Å². The number of anilines is 3. The second-order valence-corrected chi connectivity index (χ2v) is 10.7. The maximum Gasteiger partial charge on any atom is 0.271 e. The molecular weight excluding hydrogens is 516 g/mol. The number of hydrogen-bond acceptors (Lipinski definition) is 6. The van der Waals surface area contributed by atoms with Gasteiger partial charge in [-0.25, -0.2) is 10.4 Å². The maximum atomic E-state index is 12.7. The first-order chi connectivity index (χ1) is 19.3. The molecule has 0 fully saturated rings. The number of hydrazone groups is 1. The van der Waals surface area contributed by atoms with Crippen molar-refractivity contribution in [1.29, 1.82) is 0 Å². The Morgan fingerprint density at radius 3 is 2.33 bits per heavy atom. The molecule has 8 heteroatoms. The van der Waals surface area contributed by atoms with Gasteiger partial charge >= 0.3 is 0 Å². The average molecular weight is 549 g/mol. The predicted octanol–water partition coefficient (Wildman–Crippen LogP) is 7.10. The molecular formula is C32H32N6OS. The Hall–Kier alpha value is -4.69. The Bertz CT molecular complexity index is 1650. The van der Waals surface area contributed by atoms with Crippen molar-refractivity contribution in [2.75, 3.05) is 24.3 Å². The van der Waals surface area contributed by atoms with E-state index in [2.05, 4.69) is 93.5 Å². The molecule has 0 aliphatic heterocycles. The number of carbonyl (C=O) groups is 1. The lowest BCUT2D eigenvalue weighted by atomic mass is 10.1. The normalized spacial score (nSPS) is 11.1. The van der Waals surface area contributed by atoms with E-state index in [1.807, 2.05) is 43.7 Å². The first-order valence-electron chi connectivity index (χ1n) is 13.0. The molecule has 0 spiro atoms. The highest BCUT2D eigenvalue weighted by Crippen LogP contribution is 2.27. The summed E-state index contributed by atoms with van der Waals surface area (Å²) in [5.74, 6) is -0.268. The van der Waals surface area contributed by atoms with E-state index in [9.17, 15) is 4.79 Å². The highest BCUT2D eigenvalue weighted by molar-refractivity contribution is 7.14. The molecule has 0 aliphatic rings. The molecule has 40 heavy (non-hydrogen) atoms. The topological polar surface area (TPSA) is 74.5 Å². The van der Waals surface area contributed by atoms with Crippen LogP contribution >= 0.6 is 11.3 Å². The third kappa shape index (κ3) is 5.97. The van der Waals surface area contributed by atoms with Gasteiger partial charge in [0.15, 0.2) is 5.13 Å². The van der Waals surface area contributed by atoms with Gasteiger partial charge in [0.05, 0.1) is 11.9 Å². The van der Waals surface area contributed by atoms with E-state index in [4.69, 9.17) is 0 Å². The van der Waals surface area contributed by atoms with Crippen molar-refractivity contribution < 1.29 is 4.79 Å². The molecule has 0 atom stereocenters. The van der Waals surface area contributed by atoms with E-state index in [0.717, 1.165) is 50.4 Å². The monoisotopic (exact) mass is 548 g/mol. The summed E-state index contributed by atoms with van der Waals surface area (Å²) in [6.07, 6.45) is 1.69. The number of rotatable bonds is 8. The zero-order valence-electron chi connectivity index (χ0n) is 23.3. The van der Waals surface area contributed by atoms with E-state index in [1.165, 1.54) is 5.56 Å². The summed E-state index contributed by atoms with van der Waals surface area (Å²) in [6, 6.07) is 26.1. The summed E-state index contributed by atoms with van der Waals surface area (Å²) in [6.45, 7) is 6.18. The number of thiazole rings is 1. The van der Waals surface area contributed by atoms with Crippen molar-refractivity contribution in [2.45, 2.75) is 20.8 Å². The van der Waals surface area contributed by atoms with Crippen LogP contribution < -0.4 is 15.6 Å². The van der Waals surface area contributed by atoms with Crippen LogP contribution in [-0.2, 0) is 0 Å². The SMILES string of the molecule is Cc1ccc(Nc2nc(-c3ccc(C(=O)N/N=C\c4cc(C)n(-c5ccc(N(C)C)cc5)c4C)cc3)cs2)cc1. The van der Waals surface area contributed by atoms with Gasteiger partial charge in [-0.1, -0.05) is 29.8 Å². The van der Waals surface area contributed by atoms with Gasteiger partial charge in [-0.2, -0.15) is 5.10 Å². The lowest BCUT2D eigenvalue weighted by molar-refractivity contribution is 0.0955. The van der Waals surface area contributed by atoms with Gasteiger partial charge in [0.25, 0.3) is 5.91 Å². The number of carbonyl (C=O) groups excluding carboxylic acids is 1. The van der Waals surface area contributed by atoms with Crippen LogP contribution in [0.15, 0.2) is 89.3 Å². The molecule has 5 aromatic rings. The largest absolute Gasteiger partial charge is 0.378 e. The van der Waals surface area contributed by atoms with E-state index in [0.29, 0.717) is 5.56 Å². The molecule has 3 aromatic carbocycles. The smallest absolute Gasteiger partial charge is 0.271 e. The zero-order chi connectivity index (χ0) is 28.2. The molecule has 0 saturated carbocycles. The summed E-state index contributed by atoms with van der Waals surface area (Å²) in [4.78, 5) is 19.5. The number of hydrogen-bond donors (Lipinski definition) is 2. The standard InChI is InChI=1S/C32H32N6OS/c1-21-6-12-27(13-7-21)34-32-35-30(20-40-32)24-8-10-25(11-9-24)31(39)36-33-19-26-18-22(2)38(23(26)3)29-16-14-28(15-17-29)37(4)5/h6-20H,1-5H3,(H,34,35)(H,36,39)/b33-19-. The fourth-order valence-corrected chi connectivity index (χ4v) is 5.20. The van der Waals surface area contributed by atoms with Crippen LogP contribution in [-0.4, -0.2) is 35.8 Å². The van der Waals surface area contributed by atoms with E-state index < -0.39 is 0 Å². The van der Waals surface area contributed by atoms with Crippen LogP contribution in [0.2, 0.25) is 0 Å². The highest BCUT2D eigenvalue weighted by Gasteiger charge is 2.11. The quantitative estimate of drug-likeness (QED) is 0.160. The minimum absolute atomic E-state index is 0.268. The molecule has 0 aliphatic carbocycles. The van der Waals surface area contributed by atoms with Crippen LogP contribution in [0, 0.1) is 20.8 Å². The summed E-state index contributed by atoms with van der Waals surface area (Å²) < 4.78 is 2.18. The van der Waals surface area contributed by atoms with E-state index >= 15 is 0 Å². The summed E-state index contributed by atoms with van der Waals surface area (Å²) in [5, 5.41) is 10.4. The molecule has 1 amide bonds. The van der Waals surface area contributed by atoms with Gasteiger partial charge in [0.2, 0.25) is 0 Å². The molecule has 2 N–H and O–H groups in total. The first kappa shape index (κ1) is 26.9. The lowest BCUT2D eigenvalue weighted by Gasteiger charge is -2.14. The van der Waals surface area contributed by atoms with Crippen molar-refractivity contribution in [1.82, 2.24) is 15.0 Å². The number of aryl methyl sites for hydroxylation is 2. The number of benzene rings is 3. The molecule has 0 radical (unpaired) electrons. The fraction of sp³-hybridized carbons (Fsp3) is 0.156. The van der Waals surface area contributed by atoms with Crippen molar-refractivity contribution >= 4 is 40.0 Å². The summed E-state index contributed by atoms with van der Waals surface area (Å²) in [5.41, 5.74) is 12.5. The van der Waals surface area contributed by atoms with Crippen molar-refractivity contribution in [3.05, 3.63) is 112 Å². The number of nitrogens with zero attached hydrogens (tertiary/aromatic N) is 4. The molecule has 0 bridgehead atoms. The molecule has 0 saturated heterocycles. The number of aromatic nitrogens is 2. The minimum Gasteiger partial charge on any atom is -0.378 e. The Balaban J connectivity index is 1.21. The Morgan fingerprint density at radius 2 is 1.65 bits per heavy atom. The van der Waals surface area contributed by atoms with Crippen LogP contribution in [0.4, 0.5) is 16.5 Å². The summed E-state index contributed by atoms with van der Waals surface area (Å²) in [7, 11) is 4.06. The number of amides is 1. The molecule has 0 unspecified atom stereocenters. The lowest BCUT2D eigenvalue weighted by Crippen LogP contribution is -2.17. The van der Waals surface area contributed by atoms with Gasteiger partial charge in [0, 0.05) is 64.6 Å². The molecule has 2 aromatic heterocycles. The fourth-order valence-electron chi connectivity index (χ4n) is 4.46. The summed E-state index contributed by atoms with van der Waals surface area (Å²) >= 11 is 1.54. The van der Waals surface area contributed by atoms with Gasteiger partial charge in [-0.05, 0) is 75.4 Å². The Morgan fingerprint density at radius 1 is 0.950 bits per heavy atom. The Labute approximate surface area is 238 Å². The second kappa shape index (κ2) is 11.6. The van der Waals surface area contributed by atoms with Crippen LogP contribution in [0.3, 0.4) is 0 Å². The third-order valence-electron chi connectivity index (χ3n) is 6.71. The molecule has 2 heterocycles. The molecule has 5 rings (SSSR count). The third-order valence-corrected chi connectivity index (χ3v) is 7.47. The maximum absolute atomic E-state index is 12.7. The predicted molar refractivity (Wildman–Crippen MR) is 167 cm³/mol. The Kier molecular flexibility index (Phi) is 7.79. The van der Waals surface area contributed by atoms with Gasteiger partial charge < -0.3 is 14.8 Å². The van der Waals surface area contributed by atoms with Crippen LogP contribution in [0.25, 0.3) is 16.9 Å². The van der Waals surface area contributed by atoms with Crippen molar-refractivity contribution in [3.8, 4) is 16.9 Å².